The van der Waals surface area contributed by atoms with Crippen molar-refractivity contribution in [2.75, 3.05) is 27.4 Å². The van der Waals surface area contributed by atoms with E-state index < -0.39 is 18.4 Å². The minimum absolute atomic E-state index is 0.192. The Hall–Kier alpha value is -3.09. The summed E-state index contributed by atoms with van der Waals surface area (Å²) in [5.41, 5.74) is 0.649. The summed E-state index contributed by atoms with van der Waals surface area (Å²) in [5.74, 6) is -0.548. The number of ether oxygens (including phenoxy) is 3. The Kier molecular flexibility index (Phi) is 6.13. The molecule has 0 saturated carbocycles. The zero-order valence-electron chi connectivity index (χ0n) is 15.8. The van der Waals surface area contributed by atoms with Gasteiger partial charge in [0.1, 0.15) is 17.3 Å². The third-order valence-corrected chi connectivity index (χ3v) is 4.79. The number of amides is 1. The molecule has 1 aliphatic heterocycles. The fourth-order valence-corrected chi connectivity index (χ4v) is 3.40. The maximum absolute atomic E-state index is 13.7. The molecule has 0 aliphatic carbocycles. The zero-order chi connectivity index (χ0) is 20.1. The van der Waals surface area contributed by atoms with Crippen molar-refractivity contribution >= 4 is 11.9 Å². The molecule has 28 heavy (non-hydrogen) atoms. The lowest BCUT2D eigenvalue weighted by Gasteiger charge is -2.26. The summed E-state index contributed by atoms with van der Waals surface area (Å²) in [7, 11) is 3.15. The number of likely N-dealkylation sites (tertiary alicyclic amines) is 1. The van der Waals surface area contributed by atoms with Crippen molar-refractivity contribution < 1.29 is 28.2 Å². The number of hydrogen-bond donors (Lipinski definition) is 0. The normalized spacial score (nSPS) is 16.0. The van der Waals surface area contributed by atoms with Gasteiger partial charge in [-0.05, 0) is 43.2 Å². The first-order valence-electron chi connectivity index (χ1n) is 8.98. The molecular formula is C21H22FNO5. The molecule has 2 aromatic rings. The molecule has 6 nitrogen and oxygen atoms in total. The van der Waals surface area contributed by atoms with Crippen LogP contribution in [0.1, 0.15) is 34.8 Å². The van der Waals surface area contributed by atoms with E-state index in [2.05, 4.69) is 0 Å². The van der Waals surface area contributed by atoms with E-state index in [1.165, 1.54) is 24.3 Å². The average Bonchev–Trinajstić information content (AvgIpc) is 3.21. The van der Waals surface area contributed by atoms with E-state index in [-0.39, 0.29) is 17.5 Å². The van der Waals surface area contributed by atoms with Crippen LogP contribution in [0.4, 0.5) is 4.39 Å². The Bertz CT molecular complexity index is 870. The summed E-state index contributed by atoms with van der Waals surface area (Å²) < 4.78 is 29.4. The number of esters is 1. The van der Waals surface area contributed by atoms with Crippen LogP contribution in [0, 0.1) is 5.82 Å². The standard InChI is InChI=1S/C21H22FNO5/c1-26-14-9-10-19(27-2)16(12-14)18-8-5-11-23(18)20(24)13-28-21(25)15-6-3-4-7-17(15)22/h3-4,6-7,9-10,12,18H,5,8,11,13H2,1-2H3/t18-/m1/s1. The monoisotopic (exact) mass is 387 g/mol. The fourth-order valence-electron chi connectivity index (χ4n) is 3.40. The van der Waals surface area contributed by atoms with E-state index in [1.54, 1.807) is 31.3 Å². The number of carbonyl (C=O) groups excluding carboxylic acids is 2. The molecule has 1 saturated heterocycles. The Labute approximate surface area is 162 Å². The molecule has 0 spiro atoms. The van der Waals surface area contributed by atoms with Crippen molar-refractivity contribution in [2.45, 2.75) is 18.9 Å². The highest BCUT2D eigenvalue weighted by Crippen LogP contribution is 2.38. The molecule has 1 aliphatic rings. The lowest BCUT2D eigenvalue weighted by molar-refractivity contribution is -0.135. The SMILES string of the molecule is COc1ccc(OC)c([C@H]2CCCN2C(=O)COC(=O)c2ccccc2F)c1. The van der Waals surface area contributed by atoms with Crippen molar-refractivity contribution in [3.05, 3.63) is 59.4 Å². The van der Waals surface area contributed by atoms with Gasteiger partial charge in [0.25, 0.3) is 5.91 Å². The Morgan fingerprint density at radius 3 is 2.64 bits per heavy atom. The molecular weight excluding hydrogens is 365 g/mol. The van der Waals surface area contributed by atoms with Crippen LogP contribution in [0.15, 0.2) is 42.5 Å². The fraction of sp³-hybridized carbons (Fsp3) is 0.333. The summed E-state index contributed by atoms with van der Waals surface area (Å²) >= 11 is 0. The second kappa shape index (κ2) is 8.73. The van der Waals surface area contributed by atoms with E-state index in [1.807, 2.05) is 6.07 Å². The van der Waals surface area contributed by atoms with Crippen molar-refractivity contribution in [1.29, 1.82) is 0 Å². The van der Waals surface area contributed by atoms with Crippen LogP contribution in [0.3, 0.4) is 0 Å². The maximum atomic E-state index is 13.7. The van der Waals surface area contributed by atoms with E-state index in [9.17, 15) is 14.0 Å². The molecule has 0 radical (unpaired) electrons. The minimum atomic E-state index is -0.860. The van der Waals surface area contributed by atoms with Crippen molar-refractivity contribution in [1.82, 2.24) is 4.90 Å². The Balaban J connectivity index is 1.72. The highest BCUT2D eigenvalue weighted by atomic mass is 19.1. The Morgan fingerprint density at radius 1 is 1.14 bits per heavy atom. The van der Waals surface area contributed by atoms with Gasteiger partial charge < -0.3 is 19.1 Å². The molecule has 0 unspecified atom stereocenters. The first-order chi connectivity index (χ1) is 13.5. The van der Waals surface area contributed by atoms with E-state index >= 15 is 0 Å². The Morgan fingerprint density at radius 2 is 1.93 bits per heavy atom. The third kappa shape index (κ3) is 4.08. The second-order valence-corrected chi connectivity index (χ2v) is 6.41. The van der Waals surface area contributed by atoms with Crippen LogP contribution >= 0.6 is 0 Å². The van der Waals surface area contributed by atoms with Crippen LogP contribution in [0.25, 0.3) is 0 Å². The van der Waals surface area contributed by atoms with Crippen LogP contribution in [0.2, 0.25) is 0 Å². The van der Waals surface area contributed by atoms with Crippen LogP contribution in [-0.2, 0) is 9.53 Å². The zero-order valence-corrected chi connectivity index (χ0v) is 15.8. The number of nitrogens with zero attached hydrogens (tertiary/aromatic N) is 1. The average molecular weight is 387 g/mol. The van der Waals surface area contributed by atoms with Gasteiger partial charge in [0.2, 0.25) is 0 Å². The second-order valence-electron chi connectivity index (χ2n) is 6.41. The van der Waals surface area contributed by atoms with Gasteiger partial charge >= 0.3 is 5.97 Å². The van der Waals surface area contributed by atoms with Gasteiger partial charge in [-0.2, -0.15) is 0 Å². The van der Waals surface area contributed by atoms with Gasteiger partial charge in [0.05, 0.1) is 25.8 Å². The van der Waals surface area contributed by atoms with Gasteiger partial charge in [-0.1, -0.05) is 12.1 Å². The quantitative estimate of drug-likeness (QED) is 0.711. The summed E-state index contributed by atoms with van der Waals surface area (Å²) in [5, 5.41) is 0. The molecule has 3 rings (SSSR count). The van der Waals surface area contributed by atoms with Gasteiger partial charge in [-0.15, -0.1) is 0 Å². The lowest BCUT2D eigenvalue weighted by atomic mass is 10.0. The van der Waals surface area contributed by atoms with Crippen LogP contribution < -0.4 is 9.47 Å². The first kappa shape index (κ1) is 19.7. The molecule has 2 aromatic carbocycles. The number of hydrogen-bond acceptors (Lipinski definition) is 5. The van der Waals surface area contributed by atoms with Crippen molar-refractivity contribution in [3.63, 3.8) is 0 Å². The molecule has 1 fully saturated rings. The number of benzene rings is 2. The van der Waals surface area contributed by atoms with Crippen LogP contribution in [-0.4, -0.2) is 44.1 Å². The molecule has 0 N–H and O–H groups in total. The summed E-state index contributed by atoms with van der Waals surface area (Å²) in [6.07, 6.45) is 1.58. The van der Waals surface area contributed by atoms with Gasteiger partial charge in [0.15, 0.2) is 6.61 Å². The number of carbonyl (C=O) groups is 2. The summed E-state index contributed by atoms with van der Waals surface area (Å²) in [4.78, 5) is 26.4. The molecule has 0 aromatic heterocycles. The topological polar surface area (TPSA) is 65.1 Å². The largest absolute Gasteiger partial charge is 0.497 e. The molecule has 1 amide bonds. The van der Waals surface area contributed by atoms with Crippen LogP contribution in [0.5, 0.6) is 11.5 Å². The van der Waals surface area contributed by atoms with E-state index in [4.69, 9.17) is 14.2 Å². The first-order valence-corrected chi connectivity index (χ1v) is 8.98. The maximum Gasteiger partial charge on any atom is 0.341 e. The summed E-state index contributed by atoms with van der Waals surface area (Å²) in [6, 6.07) is 10.7. The predicted molar refractivity (Wildman–Crippen MR) is 99.9 cm³/mol. The highest BCUT2D eigenvalue weighted by Gasteiger charge is 2.32. The number of methoxy groups -OCH3 is 2. The summed E-state index contributed by atoms with van der Waals surface area (Å²) in [6.45, 7) is 0.0943. The number of rotatable bonds is 6. The highest BCUT2D eigenvalue weighted by molar-refractivity contribution is 5.91. The predicted octanol–water partition coefficient (Wildman–Crippen LogP) is 3.36. The van der Waals surface area contributed by atoms with E-state index in [0.717, 1.165) is 18.4 Å². The van der Waals surface area contributed by atoms with Crippen molar-refractivity contribution in [2.24, 2.45) is 0 Å². The van der Waals surface area contributed by atoms with Gasteiger partial charge in [0, 0.05) is 12.1 Å². The molecule has 1 heterocycles. The van der Waals surface area contributed by atoms with Gasteiger partial charge in [-0.25, -0.2) is 9.18 Å². The molecule has 1 atom stereocenters. The third-order valence-electron chi connectivity index (χ3n) is 4.79. The molecule has 148 valence electrons. The van der Waals surface area contributed by atoms with E-state index in [0.29, 0.717) is 18.0 Å². The molecule has 7 heteroatoms. The number of halogens is 1. The lowest BCUT2D eigenvalue weighted by Crippen LogP contribution is -2.34. The molecule has 0 bridgehead atoms. The minimum Gasteiger partial charge on any atom is -0.497 e. The van der Waals surface area contributed by atoms with Gasteiger partial charge in [-0.3, -0.25) is 4.79 Å². The smallest absolute Gasteiger partial charge is 0.341 e. The van der Waals surface area contributed by atoms with Crippen molar-refractivity contribution in [3.8, 4) is 11.5 Å².